The van der Waals surface area contributed by atoms with E-state index in [0.717, 1.165) is 5.57 Å². The summed E-state index contributed by atoms with van der Waals surface area (Å²) in [4.78, 5) is 17.6. The van der Waals surface area contributed by atoms with Gasteiger partial charge in [0.15, 0.2) is 12.2 Å². The zero-order valence-corrected chi connectivity index (χ0v) is 18.0. The smallest absolute Gasteiger partial charge is 0.308 e. The predicted octanol–water partition coefficient (Wildman–Crippen LogP) is -1.36. The van der Waals surface area contributed by atoms with Gasteiger partial charge in [-0.15, -0.1) is 0 Å². The second-order valence-electron chi connectivity index (χ2n) is 8.33. The zero-order valence-electron chi connectivity index (χ0n) is 18.0. The van der Waals surface area contributed by atoms with E-state index in [-0.39, 0.29) is 32.1 Å². The van der Waals surface area contributed by atoms with Crippen LogP contribution in [0.15, 0.2) is 16.6 Å². The molecule has 2 aliphatic rings. The third kappa shape index (κ3) is 7.41. The van der Waals surface area contributed by atoms with Crippen LogP contribution in [0.3, 0.4) is 0 Å². The highest BCUT2D eigenvalue weighted by molar-refractivity contribution is 5.81. The number of nitrogens with zero attached hydrogens (tertiary/aromatic N) is 2. The number of aliphatic hydroxyl groups is 4. The average Bonchev–Trinajstić information content (AvgIpc) is 3.04. The van der Waals surface area contributed by atoms with Crippen molar-refractivity contribution in [1.29, 1.82) is 0 Å². The van der Waals surface area contributed by atoms with Gasteiger partial charge in [-0.2, -0.15) is 0 Å². The summed E-state index contributed by atoms with van der Waals surface area (Å²) in [6, 6.07) is -0.481. The number of hydrogen-bond acceptors (Lipinski definition) is 10. The third-order valence-corrected chi connectivity index (χ3v) is 5.46. The molecule has 2 heterocycles. The second-order valence-corrected chi connectivity index (χ2v) is 8.33. The number of aliphatic carboxylic acids is 1. The van der Waals surface area contributed by atoms with Crippen molar-refractivity contribution >= 4 is 11.9 Å². The van der Waals surface area contributed by atoms with Gasteiger partial charge in [-0.25, -0.2) is 4.99 Å². The van der Waals surface area contributed by atoms with Gasteiger partial charge in [-0.3, -0.25) is 4.79 Å². The monoisotopic (exact) mass is 445 g/mol. The highest BCUT2D eigenvalue weighted by Crippen LogP contribution is 2.22. The Bertz CT molecular complexity index is 654. The van der Waals surface area contributed by atoms with Gasteiger partial charge in [-0.05, 0) is 33.1 Å². The number of rotatable bonds is 11. The summed E-state index contributed by atoms with van der Waals surface area (Å²) >= 11 is 0. The molecule has 0 radical (unpaired) electrons. The lowest BCUT2D eigenvalue weighted by molar-refractivity contribution is -0.270. The van der Waals surface area contributed by atoms with Crippen LogP contribution in [0.5, 0.6) is 0 Å². The van der Waals surface area contributed by atoms with Crippen molar-refractivity contribution in [3.63, 3.8) is 0 Å². The van der Waals surface area contributed by atoms with Crippen LogP contribution < -0.4 is 5.73 Å². The lowest BCUT2D eigenvalue weighted by Crippen LogP contribution is -2.53. The maximum atomic E-state index is 11.7. The molecule has 0 saturated carbocycles. The Balaban J connectivity index is 1.78. The molecule has 178 valence electrons. The van der Waals surface area contributed by atoms with Crippen molar-refractivity contribution in [2.24, 2.45) is 16.6 Å². The Hall–Kier alpha value is -1.76. The van der Waals surface area contributed by atoms with E-state index >= 15 is 0 Å². The number of ether oxygens (including phenoxy) is 2. The number of guanidine groups is 1. The number of carboxylic acid groups (broad SMARTS) is 1. The highest BCUT2D eigenvalue weighted by Gasteiger charge is 2.38. The molecule has 0 spiro atoms. The molecular formula is C20H35N3O8. The first-order chi connectivity index (χ1) is 14.6. The summed E-state index contributed by atoms with van der Waals surface area (Å²) in [7, 11) is 0. The number of allylic oxidation sites excluding steroid dienone is 2. The molecule has 0 aliphatic carbocycles. The van der Waals surface area contributed by atoms with E-state index in [1.807, 2.05) is 19.9 Å². The molecule has 0 aromatic heterocycles. The molecule has 0 aromatic rings. The molecule has 7 N–H and O–H groups in total. The molecule has 2 aliphatic heterocycles. The number of β-amino-alcohol motifs (C(OH)–C–C–N with tert-alkyl or cyclic N) is 1. The highest BCUT2D eigenvalue weighted by atomic mass is 16.7. The van der Waals surface area contributed by atoms with Gasteiger partial charge in [0.25, 0.3) is 0 Å². The minimum atomic E-state index is -1.39. The summed E-state index contributed by atoms with van der Waals surface area (Å²) in [5, 5.41) is 48.8. The molecule has 11 nitrogen and oxygen atoms in total. The number of aliphatic hydroxyl groups excluding tert-OH is 4. The number of carbonyl (C=O) groups is 1. The Kier molecular flexibility index (Phi) is 9.66. The molecular weight excluding hydrogens is 410 g/mol. The summed E-state index contributed by atoms with van der Waals surface area (Å²) in [5.41, 5.74) is 7.08. The fraction of sp³-hybridized carbons (Fsp3) is 0.800. The van der Waals surface area contributed by atoms with Gasteiger partial charge in [0.05, 0.1) is 31.3 Å². The summed E-state index contributed by atoms with van der Waals surface area (Å²) in [6.45, 7) is 4.27. The fourth-order valence-electron chi connectivity index (χ4n) is 3.62. The molecule has 0 unspecified atom stereocenters. The van der Waals surface area contributed by atoms with Gasteiger partial charge in [0.2, 0.25) is 0 Å². The van der Waals surface area contributed by atoms with E-state index in [9.17, 15) is 30.3 Å². The van der Waals surface area contributed by atoms with Crippen molar-refractivity contribution < 1.29 is 39.8 Å². The van der Waals surface area contributed by atoms with Crippen molar-refractivity contribution in [2.45, 2.75) is 69.9 Å². The van der Waals surface area contributed by atoms with Crippen LogP contribution in [-0.2, 0) is 14.3 Å². The van der Waals surface area contributed by atoms with Crippen LogP contribution in [0.4, 0.5) is 0 Å². The van der Waals surface area contributed by atoms with Crippen LogP contribution in [0, 0.1) is 5.92 Å². The Morgan fingerprint density at radius 3 is 2.68 bits per heavy atom. The first-order valence-corrected chi connectivity index (χ1v) is 10.5. The van der Waals surface area contributed by atoms with E-state index in [1.54, 1.807) is 4.90 Å². The molecule has 31 heavy (non-hydrogen) atoms. The van der Waals surface area contributed by atoms with E-state index in [1.165, 1.54) is 0 Å². The van der Waals surface area contributed by atoms with Gasteiger partial charge >= 0.3 is 5.97 Å². The summed E-state index contributed by atoms with van der Waals surface area (Å²) in [6.07, 6.45) is -2.56. The van der Waals surface area contributed by atoms with Crippen LogP contribution >= 0.6 is 0 Å². The number of carboxylic acids is 1. The van der Waals surface area contributed by atoms with E-state index in [4.69, 9.17) is 15.2 Å². The van der Waals surface area contributed by atoms with Crippen LogP contribution in [-0.4, -0.2) is 105 Å². The number of hydrogen-bond donors (Lipinski definition) is 6. The van der Waals surface area contributed by atoms with Crippen LogP contribution in [0.1, 0.15) is 33.1 Å². The first kappa shape index (κ1) is 25.5. The Labute approximate surface area is 181 Å². The molecule has 1 fully saturated rings. The predicted molar refractivity (Wildman–Crippen MR) is 111 cm³/mol. The number of nitrogens with two attached hydrogens (primary N) is 1. The zero-order chi connectivity index (χ0) is 23.1. The first-order valence-electron chi connectivity index (χ1n) is 10.5. The third-order valence-electron chi connectivity index (χ3n) is 5.46. The molecule has 2 rings (SSSR count). The minimum Gasteiger partial charge on any atom is -0.481 e. The largest absolute Gasteiger partial charge is 0.481 e. The SMILES string of the molecule is CC(C)=CCC[C@@H](C(=O)O)[C@@H]1CN(C[C@H](O)CCO[C@H]2OC[C@@H](O)[C@H](O)[C@H]2O)C(N)=N1. The van der Waals surface area contributed by atoms with Crippen molar-refractivity contribution in [1.82, 2.24) is 4.90 Å². The maximum absolute atomic E-state index is 11.7. The molecule has 1 saturated heterocycles. The molecule has 0 aromatic carbocycles. The van der Waals surface area contributed by atoms with Crippen molar-refractivity contribution in [3.8, 4) is 0 Å². The topological polar surface area (TPSA) is 178 Å². The van der Waals surface area contributed by atoms with Crippen LogP contribution in [0.25, 0.3) is 0 Å². The lowest BCUT2D eigenvalue weighted by atomic mass is 9.94. The quantitative estimate of drug-likeness (QED) is 0.208. The van der Waals surface area contributed by atoms with Gasteiger partial charge in [0, 0.05) is 13.1 Å². The van der Waals surface area contributed by atoms with Crippen LogP contribution in [0.2, 0.25) is 0 Å². The van der Waals surface area contributed by atoms with E-state index in [2.05, 4.69) is 4.99 Å². The molecule has 7 atom stereocenters. The van der Waals surface area contributed by atoms with Crippen molar-refractivity contribution in [3.05, 3.63) is 11.6 Å². The fourth-order valence-corrected chi connectivity index (χ4v) is 3.62. The standard InChI is InChI=1S/C20H35N3O8/c1-11(2)4-3-5-13(18(28)29)14-9-23(20(21)22-14)8-12(24)6-7-30-19-17(27)16(26)15(25)10-31-19/h4,12-17,19,24-27H,3,5-10H2,1-2H3,(H2,21,22)(H,28,29)/t12-,13-,14+,15-,16+,17-,19+/m1/s1. The Morgan fingerprint density at radius 2 is 2.03 bits per heavy atom. The van der Waals surface area contributed by atoms with Gasteiger partial charge < -0.3 is 45.6 Å². The second kappa shape index (κ2) is 11.7. The lowest BCUT2D eigenvalue weighted by Gasteiger charge is -2.35. The maximum Gasteiger partial charge on any atom is 0.308 e. The Morgan fingerprint density at radius 1 is 1.32 bits per heavy atom. The average molecular weight is 446 g/mol. The van der Waals surface area contributed by atoms with Crippen molar-refractivity contribution in [2.75, 3.05) is 26.3 Å². The van der Waals surface area contributed by atoms with E-state index in [0.29, 0.717) is 19.4 Å². The van der Waals surface area contributed by atoms with Gasteiger partial charge in [-0.1, -0.05) is 11.6 Å². The van der Waals surface area contributed by atoms with E-state index < -0.39 is 48.6 Å². The molecule has 0 bridgehead atoms. The van der Waals surface area contributed by atoms with Gasteiger partial charge in [0.1, 0.15) is 18.3 Å². The molecule has 0 amide bonds. The summed E-state index contributed by atoms with van der Waals surface area (Å²) < 4.78 is 10.5. The normalized spacial score (nSPS) is 30.6. The molecule has 11 heteroatoms. The number of aliphatic imine (C=N–C) groups is 1. The minimum absolute atomic E-state index is 0.0421. The summed E-state index contributed by atoms with van der Waals surface area (Å²) in [5.74, 6) is -1.38.